The molecule has 3 aliphatic rings. The third kappa shape index (κ3) is 3.13. The third-order valence-electron chi connectivity index (χ3n) is 6.67. The molecule has 4 aromatic rings. The molecule has 0 spiro atoms. The van der Waals surface area contributed by atoms with E-state index in [0.29, 0.717) is 17.8 Å². The summed E-state index contributed by atoms with van der Waals surface area (Å²) >= 11 is 0. The lowest BCUT2D eigenvalue weighted by Crippen LogP contribution is -2.68. The Bertz CT molecular complexity index is 1240. The zero-order valence-electron chi connectivity index (χ0n) is 17.4. The van der Waals surface area contributed by atoms with E-state index < -0.39 is 0 Å². The Morgan fingerprint density at radius 3 is 2.71 bits per heavy atom. The van der Waals surface area contributed by atoms with Crippen LogP contribution in [0.25, 0.3) is 22.3 Å². The van der Waals surface area contributed by atoms with Crippen LogP contribution in [0.3, 0.4) is 0 Å². The molecule has 2 bridgehead atoms. The maximum absolute atomic E-state index is 9.77. The van der Waals surface area contributed by atoms with E-state index >= 15 is 0 Å². The van der Waals surface area contributed by atoms with E-state index in [2.05, 4.69) is 43.0 Å². The standard InChI is InChI=1S/C24H24N6O/c1-15-8-16(2-4-21(15)31)11-30-18-9-19(30)13-29(12-18)22-5-3-17(10-26-22)23-20-6-7-25-24(20)28-14-27-23/h2-8,10,14,18-19,31H,9,11-13H2,1H3,(H,25,27,28). The van der Waals surface area contributed by atoms with Crippen molar-refractivity contribution in [2.24, 2.45) is 0 Å². The molecule has 0 radical (unpaired) electrons. The van der Waals surface area contributed by atoms with Gasteiger partial charge in [0.05, 0.1) is 5.69 Å². The summed E-state index contributed by atoms with van der Waals surface area (Å²) in [4.78, 5) is 21.6. The summed E-state index contributed by atoms with van der Waals surface area (Å²) in [5.41, 5.74) is 4.95. The van der Waals surface area contributed by atoms with Gasteiger partial charge in [0.25, 0.3) is 0 Å². The van der Waals surface area contributed by atoms with Gasteiger partial charge in [0.2, 0.25) is 0 Å². The van der Waals surface area contributed by atoms with Gasteiger partial charge in [-0.2, -0.15) is 0 Å². The number of pyridine rings is 1. The van der Waals surface area contributed by atoms with Crippen molar-refractivity contribution in [1.82, 2.24) is 24.8 Å². The van der Waals surface area contributed by atoms with Crippen LogP contribution in [0.1, 0.15) is 17.5 Å². The van der Waals surface area contributed by atoms with Crippen molar-refractivity contribution in [3.63, 3.8) is 0 Å². The number of aryl methyl sites for hydroxylation is 1. The van der Waals surface area contributed by atoms with E-state index in [1.54, 1.807) is 12.4 Å². The number of piperazine rings is 1. The van der Waals surface area contributed by atoms with Crippen LogP contribution >= 0.6 is 0 Å². The molecule has 0 saturated carbocycles. The van der Waals surface area contributed by atoms with Crippen LogP contribution < -0.4 is 4.90 Å². The Labute approximate surface area is 180 Å². The number of fused-ring (bicyclic) bond motifs is 3. The molecule has 3 aromatic heterocycles. The normalized spacial score (nSPS) is 20.7. The minimum atomic E-state index is 0.368. The summed E-state index contributed by atoms with van der Waals surface area (Å²) in [5, 5.41) is 10.8. The van der Waals surface area contributed by atoms with Crippen LogP contribution in [0.15, 0.2) is 55.1 Å². The van der Waals surface area contributed by atoms with Crippen molar-refractivity contribution in [2.45, 2.75) is 32.0 Å². The molecule has 7 heteroatoms. The monoisotopic (exact) mass is 412 g/mol. The highest BCUT2D eigenvalue weighted by molar-refractivity contribution is 5.90. The number of nitrogens with one attached hydrogen (secondary N) is 1. The van der Waals surface area contributed by atoms with Gasteiger partial charge in [-0.3, -0.25) is 4.90 Å². The van der Waals surface area contributed by atoms with E-state index in [1.807, 2.05) is 31.5 Å². The Hall–Kier alpha value is -3.45. The largest absolute Gasteiger partial charge is 0.508 e. The molecule has 2 N–H and O–H groups in total. The molecule has 2 atom stereocenters. The SMILES string of the molecule is Cc1cc(CN2C3CC2CN(c2ccc(-c4ncnc5[nH]ccc45)cn2)C3)ccc1O. The fraction of sp³-hybridized carbons (Fsp3) is 0.292. The molecule has 7 nitrogen and oxygen atoms in total. The third-order valence-corrected chi connectivity index (χ3v) is 6.67. The maximum atomic E-state index is 9.77. The molecule has 0 amide bonds. The van der Waals surface area contributed by atoms with Crippen molar-refractivity contribution in [2.75, 3.05) is 18.0 Å². The number of aromatic nitrogens is 4. The minimum absolute atomic E-state index is 0.368. The maximum Gasteiger partial charge on any atom is 0.141 e. The average molecular weight is 412 g/mol. The highest BCUT2D eigenvalue weighted by atomic mass is 16.3. The number of benzene rings is 1. The number of piperidine rings is 1. The smallest absolute Gasteiger partial charge is 0.141 e. The molecule has 156 valence electrons. The number of nitrogens with zero attached hydrogens (tertiary/aromatic N) is 5. The van der Waals surface area contributed by atoms with Gasteiger partial charge >= 0.3 is 0 Å². The molecular weight excluding hydrogens is 388 g/mol. The van der Waals surface area contributed by atoms with Gasteiger partial charge in [-0.05, 0) is 48.7 Å². The van der Waals surface area contributed by atoms with Gasteiger partial charge in [0, 0.05) is 55.1 Å². The second-order valence-electron chi connectivity index (χ2n) is 8.61. The molecule has 1 aromatic carbocycles. The van der Waals surface area contributed by atoms with E-state index in [4.69, 9.17) is 4.98 Å². The zero-order chi connectivity index (χ0) is 20.9. The first-order chi connectivity index (χ1) is 15.2. The Kier molecular flexibility index (Phi) is 4.17. The predicted octanol–water partition coefficient (Wildman–Crippen LogP) is 3.50. The van der Waals surface area contributed by atoms with Crippen LogP contribution in [0, 0.1) is 6.92 Å². The number of rotatable bonds is 4. The van der Waals surface area contributed by atoms with Gasteiger partial charge in [-0.1, -0.05) is 12.1 Å². The lowest BCUT2D eigenvalue weighted by Gasteiger charge is -2.56. The summed E-state index contributed by atoms with van der Waals surface area (Å²) in [6, 6.07) is 13.2. The van der Waals surface area contributed by atoms with Gasteiger partial charge < -0.3 is 15.0 Å². The molecule has 3 saturated heterocycles. The van der Waals surface area contributed by atoms with Crippen molar-refractivity contribution < 1.29 is 5.11 Å². The van der Waals surface area contributed by atoms with Crippen molar-refractivity contribution >= 4 is 16.9 Å². The number of aromatic amines is 1. The number of phenols is 1. The number of phenolic OH excluding ortho intramolecular Hbond substituents is 1. The van der Waals surface area contributed by atoms with Crippen LogP contribution in [-0.2, 0) is 6.54 Å². The number of H-pyrrole nitrogens is 1. The number of hydrogen-bond donors (Lipinski definition) is 2. The van der Waals surface area contributed by atoms with E-state index in [9.17, 15) is 5.11 Å². The van der Waals surface area contributed by atoms with Gasteiger partial charge in [0.15, 0.2) is 0 Å². The van der Waals surface area contributed by atoms with Crippen LogP contribution in [-0.4, -0.2) is 55.1 Å². The minimum Gasteiger partial charge on any atom is -0.508 e. The molecular formula is C24H24N6O. The Morgan fingerprint density at radius 1 is 1.06 bits per heavy atom. The molecule has 7 rings (SSSR count). The highest BCUT2D eigenvalue weighted by Crippen LogP contribution is 2.36. The first-order valence-corrected chi connectivity index (χ1v) is 10.7. The highest BCUT2D eigenvalue weighted by Gasteiger charge is 2.44. The van der Waals surface area contributed by atoms with E-state index in [-0.39, 0.29) is 0 Å². The Morgan fingerprint density at radius 2 is 1.94 bits per heavy atom. The summed E-state index contributed by atoms with van der Waals surface area (Å²) in [5.74, 6) is 1.39. The summed E-state index contributed by atoms with van der Waals surface area (Å²) in [6.07, 6.45) is 6.64. The van der Waals surface area contributed by atoms with Crippen LogP contribution in [0.5, 0.6) is 5.75 Å². The molecule has 3 aliphatic heterocycles. The average Bonchev–Trinajstić information content (AvgIpc) is 3.29. The predicted molar refractivity (Wildman–Crippen MR) is 120 cm³/mol. The first kappa shape index (κ1) is 18.3. The summed E-state index contributed by atoms with van der Waals surface area (Å²) in [6.45, 7) is 4.89. The molecule has 3 fully saturated rings. The molecule has 2 unspecified atom stereocenters. The van der Waals surface area contributed by atoms with Crippen molar-refractivity contribution in [3.8, 4) is 17.0 Å². The fourth-order valence-corrected chi connectivity index (χ4v) is 4.97. The number of aromatic hydroxyl groups is 1. The van der Waals surface area contributed by atoms with Crippen LogP contribution in [0.4, 0.5) is 5.82 Å². The lowest BCUT2D eigenvalue weighted by atomic mass is 9.86. The van der Waals surface area contributed by atoms with Gasteiger partial charge in [0.1, 0.15) is 23.5 Å². The van der Waals surface area contributed by atoms with E-state index in [0.717, 1.165) is 53.3 Å². The number of anilines is 1. The molecule has 6 heterocycles. The first-order valence-electron chi connectivity index (χ1n) is 10.7. The number of hydrogen-bond acceptors (Lipinski definition) is 6. The second kappa shape index (κ2) is 7.06. The van der Waals surface area contributed by atoms with Gasteiger partial charge in [-0.15, -0.1) is 0 Å². The quantitative estimate of drug-likeness (QED) is 0.534. The zero-order valence-corrected chi connectivity index (χ0v) is 17.4. The fourth-order valence-electron chi connectivity index (χ4n) is 4.97. The van der Waals surface area contributed by atoms with Crippen molar-refractivity contribution in [3.05, 3.63) is 66.2 Å². The summed E-state index contributed by atoms with van der Waals surface area (Å²) in [7, 11) is 0. The summed E-state index contributed by atoms with van der Waals surface area (Å²) < 4.78 is 0. The second-order valence-corrected chi connectivity index (χ2v) is 8.61. The Balaban J connectivity index is 1.16. The van der Waals surface area contributed by atoms with Crippen molar-refractivity contribution in [1.29, 1.82) is 0 Å². The van der Waals surface area contributed by atoms with Gasteiger partial charge in [-0.25, -0.2) is 15.0 Å². The topological polar surface area (TPSA) is 81.2 Å². The lowest BCUT2D eigenvalue weighted by molar-refractivity contribution is -0.00869. The molecule has 31 heavy (non-hydrogen) atoms. The van der Waals surface area contributed by atoms with Crippen LogP contribution in [0.2, 0.25) is 0 Å². The van der Waals surface area contributed by atoms with E-state index in [1.165, 1.54) is 12.0 Å². The molecule has 0 aliphatic carbocycles.